The molecule has 0 heterocycles. The van der Waals surface area contributed by atoms with Gasteiger partial charge in [0.25, 0.3) is 0 Å². The molecule has 0 bridgehead atoms. The average Bonchev–Trinajstić information content (AvgIpc) is 1.83. The standard InChI is InChI=1S/C11H19I/c1-10(2)5-4-6-11(3,9-10)7-8-12/h4,6H,5,7-9H2,1-3H3. The first-order chi connectivity index (χ1) is 5.47. The van der Waals surface area contributed by atoms with Crippen molar-refractivity contribution < 1.29 is 0 Å². The third-order valence-electron chi connectivity index (χ3n) is 2.74. The van der Waals surface area contributed by atoms with Gasteiger partial charge in [-0.25, -0.2) is 0 Å². The molecule has 70 valence electrons. The summed E-state index contributed by atoms with van der Waals surface area (Å²) in [6, 6.07) is 0. The van der Waals surface area contributed by atoms with Gasteiger partial charge < -0.3 is 0 Å². The Bertz CT molecular complexity index is 181. The maximum atomic E-state index is 2.48. The predicted octanol–water partition coefficient (Wildman–Crippen LogP) is 4.19. The van der Waals surface area contributed by atoms with Crippen LogP contribution in [0.4, 0.5) is 0 Å². The molecule has 0 aromatic rings. The van der Waals surface area contributed by atoms with Crippen molar-refractivity contribution in [3.8, 4) is 0 Å². The van der Waals surface area contributed by atoms with Gasteiger partial charge in [0, 0.05) is 4.43 Å². The number of allylic oxidation sites excluding steroid dienone is 2. The first-order valence-electron chi connectivity index (χ1n) is 4.71. The maximum Gasteiger partial charge on any atom is 0.000344 e. The number of halogens is 1. The Balaban J connectivity index is 2.67. The Morgan fingerprint density at radius 1 is 1.33 bits per heavy atom. The Morgan fingerprint density at radius 3 is 2.50 bits per heavy atom. The molecule has 1 atom stereocenters. The van der Waals surface area contributed by atoms with Gasteiger partial charge in [0.2, 0.25) is 0 Å². The molecule has 0 saturated carbocycles. The molecule has 1 aliphatic rings. The van der Waals surface area contributed by atoms with Crippen LogP contribution in [-0.2, 0) is 0 Å². The van der Waals surface area contributed by atoms with Gasteiger partial charge in [0.05, 0.1) is 0 Å². The van der Waals surface area contributed by atoms with Crippen LogP contribution in [0.5, 0.6) is 0 Å². The van der Waals surface area contributed by atoms with E-state index < -0.39 is 0 Å². The second-order valence-electron chi connectivity index (χ2n) is 5.04. The van der Waals surface area contributed by atoms with Crippen molar-refractivity contribution in [2.24, 2.45) is 10.8 Å². The minimum atomic E-state index is 0.475. The van der Waals surface area contributed by atoms with Crippen LogP contribution in [0.3, 0.4) is 0 Å². The van der Waals surface area contributed by atoms with E-state index in [2.05, 4.69) is 55.5 Å². The van der Waals surface area contributed by atoms with Gasteiger partial charge in [-0.2, -0.15) is 0 Å². The molecule has 0 aromatic carbocycles. The highest BCUT2D eigenvalue weighted by Crippen LogP contribution is 2.43. The second kappa shape index (κ2) is 3.69. The molecule has 0 nitrogen and oxygen atoms in total. The molecule has 0 radical (unpaired) electrons. The van der Waals surface area contributed by atoms with Gasteiger partial charge in [-0.3, -0.25) is 0 Å². The fourth-order valence-corrected chi connectivity index (χ4v) is 3.51. The van der Waals surface area contributed by atoms with Crippen LogP contribution < -0.4 is 0 Å². The highest BCUT2D eigenvalue weighted by molar-refractivity contribution is 14.1. The molecule has 0 amide bonds. The third-order valence-corrected chi connectivity index (χ3v) is 3.28. The number of rotatable bonds is 2. The quantitative estimate of drug-likeness (QED) is 0.403. The smallest absolute Gasteiger partial charge is 0.000344 e. The molecule has 0 spiro atoms. The van der Waals surface area contributed by atoms with E-state index >= 15 is 0 Å². The van der Waals surface area contributed by atoms with Gasteiger partial charge in [0.15, 0.2) is 0 Å². The van der Waals surface area contributed by atoms with E-state index in [1.807, 2.05) is 0 Å². The van der Waals surface area contributed by atoms with E-state index in [4.69, 9.17) is 0 Å². The lowest BCUT2D eigenvalue weighted by molar-refractivity contribution is 0.203. The topological polar surface area (TPSA) is 0 Å². The Kier molecular flexibility index (Phi) is 3.24. The lowest BCUT2D eigenvalue weighted by Gasteiger charge is -2.38. The van der Waals surface area contributed by atoms with Crippen molar-refractivity contribution in [2.45, 2.75) is 40.0 Å². The molecule has 0 fully saturated rings. The summed E-state index contributed by atoms with van der Waals surface area (Å²) in [4.78, 5) is 0. The van der Waals surface area contributed by atoms with Gasteiger partial charge in [-0.1, -0.05) is 55.5 Å². The second-order valence-corrected chi connectivity index (χ2v) is 6.12. The largest absolute Gasteiger partial charge is 0.0875 e. The summed E-state index contributed by atoms with van der Waals surface area (Å²) >= 11 is 2.48. The van der Waals surface area contributed by atoms with Crippen LogP contribution in [0.2, 0.25) is 0 Å². The zero-order chi connectivity index (χ0) is 9.24. The number of hydrogen-bond acceptors (Lipinski definition) is 0. The summed E-state index contributed by atoms with van der Waals surface area (Å²) in [5, 5.41) is 0. The van der Waals surface area contributed by atoms with Crippen LogP contribution in [0, 0.1) is 10.8 Å². The molecular weight excluding hydrogens is 259 g/mol. The maximum absolute atomic E-state index is 2.48. The van der Waals surface area contributed by atoms with Crippen LogP contribution >= 0.6 is 22.6 Å². The van der Waals surface area contributed by atoms with Crippen LogP contribution in [0.15, 0.2) is 12.2 Å². The first kappa shape index (κ1) is 10.6. The molecule has 12 heavy (non-hydrogen) atoms. The zero-order valence-corrected chi connectivity index (χ0v) is 10.5. The molecule has 0 saturated heterocycles. The van der Waals surface area contributed by atoms with Crippen molar-refractivity contribution in [1.82, 2.24) is 0 Å². The van der Waals surface area contributed by atoms with Crippen LogP contribution in [0.25, 0.3) is 0 Å². The monoisotopic (exact) mass is 278 g/mol. The van der Waals surface area contributed by atoms with Gasteiger partial charge in [-0.15, -0.1) is 0 Å². The summed E-state index contributed by atoms with van der Waals surface area (Å²) in [5.74, 6) is 0. The van der Waals surface area contributed by atoms with Gasteiger partial charge in [0.1, 0.15) is 0 Å². The van der Waals surface area contributed by atoms with E-state index in [-0.39, 0.29) is 0 Å². The van der Waals surface area contributed by atoms with E-state index in [1.54, 1.807) is 0 Å². The first-order valence-corrected chi connectivity index (χ1v) is 6.24. The van der Waals surface area contributed by atoms with E-state index in [9.17, 15) is 0 Å². The van der Waals surface area contributed by atoms with E-state index in [0.717, 1.165) is 0 Å². The molecule has 0 aromatic heterocycles. The third kappa shape index (κ3) is 2.75. The fraction of sp³-hybridized carbons (Fsp3) is 0.818. The summed E-state index contributed by atoms with van der Waals surface area (Å²) < 4.78 is 1.27. The molecule has 0 N–H and O–H groups in total. The summed E-state index contributed by atoms with van der Waals surface area (Å²) in [6.45, 7) is 7.15. The summed E-state index contributed by atoms with van der Waals surface area (Å²) in [6.07, 6.45) is 8.73. The lowest BCUT2D eigenvalue weighted by Crippen LogP contribution is -2.27. The summed E-state index contributed by atoms with van der Waals surface area (Å²) in [5.41, 5.74) is 0.998. The minimum absolute atomic E-state index is 0.475. The van der Waals surface area contributed by atoms with Crippen molar-refractivity contribution in [2.75, 3.05) is 4.43 Å². The van der Waals surface area contributed by atoms with Gasteiger partial charge >= 0.3 is 0 Å². The Labute approximate surface area is 90.0 Å². The number of alkyl halides is 1. The Morgan fingerprint density at radius 2 is 2.00 bits per heavy atom. The number of hydrogen-bond donors (Lipinski definition) is 0. The zero-order valence-electron chi connectivity index (χ0n) is 8.36. The Hall–Kier alpha value is 0.470. The average molecular weight is 278 g/mol. The highest BCUT2D eigenvalue weighted by atomic mass is 127. The van der Waals surface area contributed by atoms with Crippen molar-refractivity contribution in [3.05, 3.63) is 12.2 Å². The fourth-order valence-electron chi connectivity index (χ4n) is 2.27. The van der Waals surface area contributed by atoms with Crippen LogP contribution in [-0.4, -0.2) is 4.43 Å². The summed E-state index contributed by atoms with van der Waals surface area (Å²) in [7, 11) is 0. The minimum Gasteiger partial charge on any atom is -0.0875 e. The molecular formula is C11H19I. The SMILES string of the molecule is CC1(C)CC=CC(C)(CCI)C1. The molecule has 1 heteroatoms. The van der Waals surface area contributed by atoms with Crippen molar-refractivity contribution in [1.29, 1.82) is 0 Å². The lowest BCUT2D eigenvalue weighted by atomic mass is 9.67. The van der Waals surface area contributed by atoms with E-state index in [0.29, 0.717) is 10.8 Å². The highest BCUT2D eigenvalue weighted by Gasteiger charge is 2.32. The molecule has 0 aliphatic heterocycles. The van der Waals surface area contributed by atoms with Crippen LogP contribution in [0.1, 0.15) is 40.0 Å². The van der Waals surface area contributed by atoms with Crippen molar-refractivity contribution in [3.63, 3.8) is 0 Å². The van der Waals surface area contributed by atoms with E-state index in [1.165, 1.54) is 23.7 Å². The normalized spacial score (nSPS) is 33.7. The predicted molar refractivity (Wildman–Crippen MR) is 63.8 cm³/mol. The van der Waals surface area contributed by atoms with Crippen molar-refractivity contribution >= 4 is 22.6 Å². The van der Waals surface area contributed by atoms with Gasteiger partial charge in [-0.05, 0) is 30.1 Å². The molecule has 1 rings (SSSR count). The molecule has 1 aliphatic carbocycles. The molecule has 1 unspecified atom stereocenters.